The van der Waals surface area contributed by atoms with Crippen molar-refractivity contribution in [1.29, 1.82) is 0 Å². The van der Waals surface area contributed by atoms with Crippen molar-refractivity contribution in [2.75, 3.05) is 0 Å². The highest BCUT2D eigenvalue weighted by Crippen LogP contribution is 2.15. The number of nitrogens with zero attached hydrogens (tertiary/aromatic N) is 2. The molecule has 0 aliphatic carbocycles. The zero-order chi connectivity index (χ0) is 10.8. The second kappa shape index (κ2) is 4.03. The maximum absolute atomic E-state index is 13.6. The van der Waals surface area contributed by atoms with Gasteiger partial charge in [-0.25, -0.2) is 9.07 Å². The van der Waals surface area contributed by atoms with Crippen molar-refractivity contribution in [1.82, 2.24) is 9.78 Å². The summed E-state index contributed by atoms with van der Waals surface area (Å²) < 4.78 is 15.1. The Labute approximate surface area is 92.3 Å². The van der Waals surface area contributed by atoms with E-state index in [4.69, 9.17) is 11.6 Å². The first-order valence-corrected chi connectivity index (χ1v) is 5.11. The number of hydrogen-bond donors (Lipinski definition) is 0. The first-order chi connectivity index (χ1) is 7.20. The van der Waals surface area contributed by atoms with Crippen molar-refractivity contribution >= 4 is 11.6 Å². The fourth-order valence-corrected chi connectivity index (χ4v) is 1.53. The molecule has 1 heterocycles. The number of hydrogen-bond acceptors (Lipinski definition) is 1. The number of benzene rings is 1. The van der Waals surface area contributed by atoms with E-state index in [1.54, 1.807) is 18.3 Å². The summed E-state index contributed by atoms with van der Waals surface area (Å²) in [5, 5.41) is 4.14. The molecular weight excluding hydrogens is 215 g/mol. The minimum absolute atomic E-state index is 0.309. The van der Waals surface area contributed by atoms with Gasteiger partial charge in [-0.1, -0.05) is 6.07 Å². The molecule has 15 heavy (non-hydrogen) atoms. The Morgan fingerprint density at radius 2 is 2.20 bits per heavy atom. The highest BCUT2D eigenvalue weighted by molar-refractivity contribution is 6.17. The van der Waals surface area contributed by atoms with Crippen molar-refractivity contribution in [3.05, 3.63) is 47.5 Å². The molecule has 0 aliphatic heterocycles. The van der Waals surface area contributed by atoms with Crippen LogP contribution in [0.25, 0.3) is 5.69 Å². The zero-order valence-corrected chi connectivity index (χ0v) is 9.00. The van der Waals surface area contributed by atoms with E-state index in [0.29, 0.717) is 11.6 Å². The summed E-state index contributed by atoms with van der Waals surface area (Å²) in [5.74, 6) is 0.00579. The van der Waals surface area contributed by atoms with Gasteiger partial charge in [-0.05, 0) is 30.7 Å². The standard InChI is InChI=1S/C11H10ClFN2/c1-8-4-5-15(14-8)11-3-2-9(7-12)6-10(11)13/h2-6H,7H2,1H3. The van der Waals surface area contributed by atoms with Gasteiger partial charge in [0.05, 0.1) is 5.69 Å². The van der Waals surface area contributed by atoms with Crippen LogP contribution in [-0.4, -0.2) is 9.78 Å². The zero-order valence-electron chi connectivity index (χ0n) is 8.24. The number of aryl methyl sites for hydroxylation is 1. The molecular formula is C11H10ClFN2. The Hall–Kier alpha value is -1.35. The maximum Gasteiger partial charge on any atom is 0.149 e. The molecule has 4 heteroatoms. The van der Waals surface area contributed by atoms with E-state index >= 15 is 0 Å². The van der Waals surface area contributed by atoms with Crippen LogP contribution in [0.2, 0.25) is 0 Å². The van der Waals surface area contributed by atoms with E-state index in [1.165, 1.54) is 10.7 Å². The molecule has 0 saturated heterocycles. The Kier molecular flexibility index (Phi) is 2.73. The van der Waals surface area contributed by atoms with Gasteiger partial charge >= 0.3 is 0 Å². The summed E-state index contributed by atoms with van der Waals surface area (Å²) in [7, 11) is 0. The van der Waals surface area contributed by atoms with Gasteiger partial charge in [0.2, 0.25) is 0 Å². The van der Waals surface area contributed by atoms with E-state index in [1.807, 2.05) is 13.0 Å². The largest absolute Gasteiger partial charge is 0.238 e. The first kappa shape index (κ1) is 10.2. The third-order valence-electron chi connectivity index (χ3n) is 2.14. The minimum atomic E-state index is -0.309. The van der Waals surface area contributed by atoms with Crippen LogP contribution in [0, 0.1) is 12.7 Å². The van der Waals surface area contributed by atoms with Gasteiger partial charge in [-0.15, -0.1) is 11.6 Å². The molecule has 0 fully saturated rings. The van der Waals surface area contributed by atoms with Gasteiger partial charge in [0, 0.05) is 12.1 Å². The van der Waals surface area contributed by atoms with Crippen LogP contribution >= 0.6 is 11.6 Å². The Morgan fingerprint density at radius 1 is 1.40 bits per heavy atom. The molecule has 0 N–H and O–H groups in total. The quantitative estimate of drug-likeness (QED) is 0.717. The topological polar surface area (TPSA) is 17.8 Å². The highest BCUT2D eigenvalue weighted by atomic mass is 35.5. The van der Waals surface area contributed by atoms with Gasteiger partial charge in [0.15, 0.2) is 0 Å². The molecule has 2 aromatic rings. The molecule has 0 bridgehead atoms. The van der Waals surface area contributed by atoms with Crippen LogP contribution in [-0.2, 0) is 5.88 Å². The Morgan fingerprint density at radius 3 is 2.73 bits per heavy atom. The van der Waals surface area contributed by atoms with Crippen molar-refractivity contribution in [2.24, 2.45) is 0 Å². The molecule has 0 aliphatic rings. The molecule has 2 nitrogen and oxygen atoms in total. The van der Waals surface area contributed by atoms with E-state index in [0.717, 1.165) is 11.3 Å². The molecule has 0 unspecified atom stereocenters. The summed E-state index contributed by atoms with van der Waals surface area (Å²) in [6.07, 6.45) is 1.73. The second-order valence-electron chi connectivity index (χ2n) is 3.32. The molecule has 0 spiro atoms. The van der Waals surface area contributed by atoms with Gasteiger partial charge in [0.25, 0.3) is 0 Å². The average molecular weight is 225 g/mol. The summed E-state index contributed by atoms with van der Waals surface area (Å²) >= 11 is 5.61. The van der Waals surface area contributed by atoms with E-state index < -0.39 is 0 Å². The Balaban J connectivity index is 2.45. The van der Waals surface area contributed by atoms with Crippen LogP contribution in [0.4, 0.5) is 4.39 Å². The summed E-state index contributed by atoms with van der Waals surface area (Å²) in [4.78, 5) is 0. The van der Waals surface area contributed by atoms with Gasteiger partial charge in [-0.3, -0.25) is 0 Å². The molecule has 0 atom stereocenters. The van der Waals surface area contributed by atoms with E-state index in [9.17, 15) is 4.39 Å². The average Bonchev–Trinajstić information content (AvgIpc) is 2.64. The van der Waals surface area contributed by atoms with Gasteiger partial charge in [0.1, 0.15) is 11.5 Å². The predicted octanol–water partition coefficient (Wildman–Crippen LogP) is 3.06. The van der Waals surface area contributed by atoms with Crippen molar-refractivity contribution in [3.63, 3.8) is 0 Å². The van der Waals surface area contributed by atoms with E-state index in [2.05, 4.69) is 5.10 Å². The molecule has 1 aromatic heterocycles. The summed E-state index contributed by atoms with van der Waals surface area (Å²) in [6.45, 7) is 1.86. The number of alkyl halides is 1. The van der Waals surface area contributed by atoms with Crippen molar-refractivity contribution in [3.8, 4) is 5.69 Å². The SMILES string of the molecule is Cc1ccn(-c2ccc(CCl)cc2F)n1. The third-order valence-corrected chi connectivity index (χ3v) is 2.44. The highest BCUT2D eigenvalue weighted by Gasteiger charge is 2.05. The first-order valence-electron chi connectivity index (χ1n) is 4.58. The van der Waals surface area contributed by atoms with Crippen LogP contribution in [0.5, 0.6) is 0 Å². The Bertz CT molecular complexity index is 479. The normalized spacial score (nSPS) is 10.6. The number of rotatable bonds is 2. The monoisotopic (exact) mass is 224 g/mol. The summed E-state index contributed by atoms with van der Waals surface area (Å²) in [6, 6.07) is 6.73. The molecule has 0 radical (unpaired) electrons. The van der Waals surface area contributed by atoms with Crippen LogP contribution in [0.1, 0.15) is 11.3 Å². The lowest BCUT2D eigenvalue weighted by Crippen LogP contribution is -1.99. The van der Waals surface area contributed by atoms with Crippen LogP contribution in [0.3, 0.4) is 0 Å². The maximum atomic E-state index is 13.6. The minimum Gasteiger partial charge on any atom is -0.238 e. The number of aromatic nitrogens is 2. The molecule has 2 rings (SSSR count). The number of halogens is 2. The third kappa shape index (κ3) is 2.02. The fourth-order valence-electron chi connectivity index (χ4n) is 1.37. The molecule has 1 aromatic carbocycles. The van der Waals surface area contributed by atoms with Gasteiger partial charge < -0.3 is 0 Å². The van der Waals surface area contributed by atoms with Crippen LogP contribution in [0.15, 0.2) is 30.5 Å². The van der Waals surface area contributed by atoms with Crippen LogP contribution < -0.4 is 0 Å². The lowest BCUT2D eigenvalue weighted by atomic mass is 10.2. The second-order valence-corrected chi connectivity index (χ2v) is 3.59. The van der Waals surface area contributed by atoms with E-state index in [-0.39, 0.29) is 5.82 Å². The lowest BCUT2D eigenvalue weighted by Gasteiger charge is -2.04. The van der Waals surface area contributed by atoms with Gasteiger partial charge in [-0.2, -0.15) is 5.10 Å². The molecule has 0 amide bonds. The lowest BCUT2D eigenvalue weighted by molar-refractivity contribution is 0.609. The van der Waals surface area contributed by atoms with Crippen molar-refractivity contribution in [2.45, 2.75) is 12.8 Å². The fraction of sp³-hybridized carbons (Fsp3) is 0.182. The van der Waals surface area contributed by atoms with Crippen molar-refractivity contribution < 1.29 is 4.39 Å². The molecule has 78 valence electrons. The smallest absolute Gasteiger partial charge is 0.149 e. The predicted molar refractivity (Wildman–Crippen MR) is 57.8 cm³/mol. The summed E-state index contributed by atoms with van der Waals surface area (Å²) in [5.41, 5.74) is 2.06. The molecule has 0 saturated carbocycles.